The van der Waals surface area contributed by atoms with Crippen LogP contribution in [0.3, 0.4) is 0 Å². The number of aliphatic carboxylic acids is 1. The van der Waals surface area contributed by atoms with Crippen molar-refractivity contribution in [2.75, 3.05) is 54.0 Å². The van der Waals surface area contributed by atoms with Crippen molar-refractivity contribution < 1.29 is 19.4 Å². The van der Waals surface area contributed by atoms with Crippen LogP contribution in [-0.2, 0) is 9.53 Å². The zero-order valence-electron chi connectivity index (χ0n) is 10.6. The second-order valence-corrected chi connectivity index (χ2v) is 3.84. The molecule has 2 N–H and O–H groups in total. The lowest BCUT2D eigenvalue weighted by Crippen LogP contribution is -2.45. The van der Waals surface area contributed by atoms with Crippen molar-refractivity contribution in [3.05, 3.63) is 0 Å². The first-order valence-electron chi connectivity index (χ1n) is 5.35. The number of hydrogen-bond donors (Lipinski definition) is 2. The fourth-order valence-corrected chi connectivity index (χ4v) is 1.12. The maximum atomic E-state index is 11.6. The summed E-state index contributed by atoms with van der Waals surface area (Å²) in [5.41, 5.74) is 0. The molecule has 100 valence electrons. The number of methoxy groups -OCH3 is 1. The van der Waals surface area contributed by atoms with Gasteiger partial charge in [-0.3, -0.25) is 4.79 Å². The van der Waals surface area contributed by atoms with Crippen molar-refractivity contribution in [2.24, 2.45) is 0 Å². The molecule has 0 aliphatic heterocycles. The maximum absolute atomic E-state index is 11.6. The van der Waals surface area contributed by atoms with Gasteiger partial charge in [-0.05, 0) is 14.1 Å². The Morgan fingerprint density at radius 1 is 1.29 bits per heavy atom. The molecule has 0 radical (unpaired) electrons. The predicted molar refractivity (Wildman–Crippen MR) is 63.0 cm³/mol. The average molecular weight is 247 g/mol. The molecule has 17 heavy (non-hydrogen) atoms. The third-order valence-corrected chi connectivity index (χ3v) is 2.01. The van der Waals surface area contributed by atoms with Gasteiger partial charge in [-0.2, -0.15) is 0 Å². The van der Waals surface area contributed by atoms with E-state index in [1.807, 2.05) is 19.0 Å². The van der Waals surface area contributed by atoms with Crippen molar-refractivity contribution in [1.82, 2.24) is 15.1 Å². The highest BCUT2D eigenvalue weighted by atomic mass is 16.5. The molecular formula is C10H21N3O4. The van der Waals surface area contributed by atoms with Crippen LogP contribution in [-0.4, -0.2) is 80.9 Å². The van der Waals surface area contributed by atoms with Crippen LogP contribution in [0, 0.1) is 0 Å². The summed E-state index contributed by atoms with van der Waals surface area (Å²) < 4.78 is 4.82. The third kappa shape index (κ3) is 8.47. The first-order chi connectivity index (χ1) is 7.97. The highest BCUT2D eigenvalue weighted by Gasteiger charge is 2.15. The molecule has 0 fully saturated rings. The number of ether oxygens (including phenoxy) is 1. The Bertz CT molecular complexity index is 246. The summed E-state index contributed by atoms with van der Waals surface area (Å²) in [6.07, 6.45) is 0. The molecule has 0 saturated carbocycles. The zero-order chi connectivity index (χ0) is 13.3. The Balaban J connectivity index is 4.07. The molecule has 0 spiro atoms. The first kappa shape index (κ1) is 15.7. The highest BCUT2D eigenvalue weighted by molar-refractivity contribution is 5.80. The summed E-state index contributed by atoms with van der Waals surface area (Å²) in [4.78, 5) is 25.4. The number of nitrogens with zero attached hydrogens (tertiary/aromatic N) is 2. The van der Waals surface area contributed by atoms with Crippen molar-refractivity contribution in [3.63, 3.8) is 0 Å². The van der Waals surface area contributed by atoms with Crippen LogP contribution in [0.25, 0.3) is 0 Å². The van der Waals surface area contributed by atoms with E-state index in [0.717, 1.165) is 0 Å². The number of urea groups is 1. The van der Waals surface area contributed by atoms with E-state index in [0.29, 0.717) is 19.7 Å². The maximum Gasteiger partial charge on any atom is 0.323 e. The molecule has 0 aromatic rings. The van der Waals surface area contributed by atoms with Crippen LogP contribution in [0.4, 0.5) is 4.79 Å². The van der Waals surface area contributed by atoms with Gasteiger partial charge in [0.2, 0.25) is 0 Å². The minimum atomic E-state index is -1.04. The Morgan fingerprint density at radius 2 is 1.94 bits per heavy atom. The van der Waals surface area contributed by atoms with E-state index < -0.39 is 5.97 Å². The van der Waals surface area contributed by atoms with Gasteiger partial charge < -0.3 is 25.0 Å². The van der Waals surface area contributed by atoms with Crippen LogP contribution >= 0.6 is 0 Å². The first-order valence-corrected chi connectivity index (χ1v) is 5.35. The molecule has 7 nitrogen and oxygen atoms in total. The lowest BCUT2D eigenvalue weighted by atomic mass is 10.5. The number of carboxylic acids is 1. The van der Waals surface area contributed by atoms with Crippen LogP contribution in [0.5, 0.6) is 0 Å². The molecule has 0 saturated heterocycles. The molecule has 0 bridgehead atoms. The minimum Gasteiger partial charge on any atom is -0.480 e. The van der Waals surface area contributed by atoms with E-state index in [-0.39, 0.29) is 19.1 Å². The number of nitrogens with one attached hydrogen (secondary N) is 1. The summed E-state index contributed by atoms with van der Waals surface area (Å²) in [7, 11) is 5.29. The fraction of sp³-hybridized carbons (Fsp3) is 0.800. The largest absolute Gasteiger partial charge is 0.480 e. The summed E-state index contributed by atoms with van der Waals surface area (Å²) >= 11 is 0. The van der Waals surface area contributed by atoms with Gasteiger partial charge in [0.15, 0.2) is 0 Å². The highest BCUT2D eigenvalue weighted by Crippen LogP contribution is 1.90. The Hall–Kier alpha value is -1.34. The lowest BCUT2D eigenvalue weighted by Gasteiger charge is -2.21. The van der Waals surface area contributed by atoms with Crippen molar-refractivity contribution >= 4 is 12.0 Å². The lowest BCUT2D eigenvalue weighted by molar-refractivity contribution is -0.137. The predicted octanol–water partition coefficient (Wildman–Crippen LogP) is -0.709. The molecule has 7 heteroatoms. The fourth-order valence-electron chi connectivity index (χ4n) is 1.12. The van der Waals surface area contributed by atoms with Crippen molar-refractivity contribution in [2.45, 2.75) is 0 Å². The van der Waals surface area contributed by atoms with Gasteiger partial charge in [-0.25, -0.2) is 4.79 Å². The van der Waals surface area contributed by atoms with Gasteiger partial charge in [0, 0.05) is 26.7 Å². The normalized spacial score (nSPS) is 10.4. The minimum absolute atomic E-state index is 0.261. The summed E-state index contributed by atoms with van der Waals surface area (Å²) in [5.74, 6) is -1.04. The average Bonchev–Trinajstić information content (AvgIpc) is 2.22. The summed E-state index contributed by atoms with van der Waals surface area (Å²) in [5, 5.41) is 11.3. The van der Waals surface area contributed by atoms with Gasteiger partial charge >= 0.3 is 12.0 Å². The van der Waals surface area contributed by atoms with Gasteiger partial charge in [0.05, 0.1) is 6.61 Å². The molecule has 0 aromatic heterocycles. The van der Waals surface area contributed by atoms with Crippen LogP contribution in [0.15, 0.2) is 0 Å². The molecular weight excluding hydrogens is 226 g/mol. The van der Waals surface area contributed by atoms with Gasteiger partial charge in [-0.15, -0.1) is 0 Å². The number of rotatable bonds is 8. The second kappa shape index (κ2) is 8.77. The van der Waals surface area contributed by atoms with Gasteiger partial charge in [0.25, 0.3) is 0 Å². The van der Waals surface area contributed by atoms with Crippen molar-refractivity contribution in [3.8, 4) is 0 Å². The standard InChI is InChI=1S/C10H21N3O4/c1-12(2)5-4-11-10(16)13(6-7-17-3)8-9(14)15/h4-8H2,1-3H3,(H,11,16)(H,14,15). The number of likely N-dealkylation sites (N-methyl/N-ethyl adjacent to an activating group) is 1. The number of amides is 2. The van der Waals surface area contributed by atoms with Crippen LogP contribution in [0.1, 0.15) is 0 Å². The molecule has 0 aliphatic carbocycles. The molecule has 0 rings (SSSR count). The van der Waals surface area contributed by atoms with Crippen LogP contribution in [0.2, 0.25) is 0 Å². The smallest absolute Gasteiger partial charge is 0.323 e. The SMILES string of the molecule is COCCN(CC(=O)O)C(=O)NCCN(C)C. The van der Waals surface area contributed by atoms with E-state index in [1.54, 1.807) is 0 Å². The second-order valence-electron chi connectivity index (χ2n) is 3.84. The molecule has 0 aliphatic rings. The molecule has 0 heterocycles. The quantitative estimate of drug-likeness (QED) is 0.592. The van der Waals surface area contributed by atoms with Crippen molar-refractivity contribution in [1.29, 1.82) is 0 Å². The Kier molecular flexibility index (Phi) is 8.08. The topological polar surface area (TPSA) is 82.1 Å². The van der Waals surface area contributed by atoms with E-state index in [2.05, 4.69) is 5.32 Å². The third-order valence-electron chi connectivity index (χ3n) is 2.01. The van der Waals surface area contributed by atoms with Gasteiger partial charge in [0.1, 0.15) is 6.54 Å². The van der Waals surface area contributed by atoms with E-state index in [4.69, 9.17) is 9.84 Å². The number of carboxylic acid groups (broad SMARTS) is 1. The Morgan fingerprint density at radius 3 is 2.41 bits per heavy atom. The van der Waals surface area contributed by atoms with E-state index in [1.165, 1.54) is 12.0 Å². The van der Waals surface area contributed by atoms with Gasteiger partial charge in [-0.1, -0.05) is 0 Å². The molecule has 0 aromatic carbocycles. The van der Waals surface area contributed by atoms with Crippen LogP contribution < -0.4 is 5.32 Å². The van der Waals surface area contributed by atoms with E-state index in [9.17, 15) is 9.59 Å². The summed E-state index contributed by atoms with van der Waals surface area (Å²) in [6.45, 7) is 1.44. The number of hydrogen-bond acceptors (Lipinski definition) is 4. The summed E-state index contributed by atoms with van der Waals surface area (Å²) in [6, 6.07) is -0.383. The number of carbonyl (C=O) groups is 2. The zero-order valence-corrected chi connectivity index (χ0v) is 10.6. The Labute approximate surface area is 101 Å². The molecule has 0 unspecified atom stereocenters. The monoisotopic (exact) mass is 247 g/mol. The molecule has 2 amide bonds. The number of carbonyl (C=O) groups excluding carboxylic acids is 1. The van der Waals surface area contributed by atoms with E-state index >= 15 is 0 Å². The molecule has 0 atom stereocenters.